The van der Waals surface area contributed by atoms with Crippen LogP contribution >= 0.6 is 35.6 Å². The zero-order valence-corrected chi connectivity index (χ0v) is 18.9. The van der Waals surface area contributed by atoms with E-state index < -0.39 is 0 Å². The van der Waals surface area contributed by atoms with Crippen LogP contribution in [0.25, 0.3) is 0 Å². The van der Waals surface area contributed by atoms with Crippen LogP contribution in [0.3, 0.4) is 0 Å². The molecule has 0 bridgehead atoms. The molecule has 27 heavy (non-hydrogen) atoms. The van der Waals surface area contributed by atoms with Crippen molar-refractivity contribution in [2.24, 2.45) is 4.99 Å². The second-order valence-corrected chi connectivity index (χ2v) is 7.24. The molecule has 1 aromatic rings. The number of β-amino-alcohol motifs (C(OH)–C–C–N with tert-alkyl or cyclic N) is 1. The maximum Gasteiger partial charge on any atom is 0.194 e. The zero-order chi connectivity index (χ0) is 18.4. The molecule has 0 aliphatic carbocycles. The van der Waals surface area contributed by atoms with Crippen LogP contribution in [-0.4, -0.2) is 79.5 Å². The first kappa shape index (κ1) is 22.7. The zero-order valence-electron chi connectivity index (χ0n) is 15.8. The lowest BCUT2D eigenvalue weighted by molar-refractivity contribution is 0.0179. The van der Waals surface area contributed by atoms with Crippen LogP contribution in [0.15, 0.2) is 29.3 Å². The minimum absolute atomic E-state index is 0. The molecular formula is C19H30ClIN4O2. The van der Waals surface area contributed by atoms with E-state index in [2.05, 4.69) is 34.2 Å². The van der Waals surface area contributed by atoms with Crippen molar-refractivity contribution < 1.29 is 9.84 Å². The number of nitrogens with zero attached hydrogens (tertiary/aromatic N) is 3. The van der Waals surface area contributed by atoms with Crippen molar-refractivity contribution in [3.05, 3.63) is 34.9 Å². The lowest BCUT2D eigenvalue weighted by Gasteiger charge is -2.34. The molecule has 3 rings (SSSR count). The van der Waals surface area contributed by atoms with Gasteiger partial charge in [-0.2, -0.15) is 0 Å². The highest BCUT2D eigenvalue weighted by Crippen LogP contribution is 2.24. The molecule has 8 heteroatoms. The van der Waals surface area contributed by atoms with E-state index in [0.717, 1.165) is 56.8 Å². The van der Waals surface area contributed by atoms with E-state index in [1.807, 2.05) is 12.1 Å². The SMILES string of the molecule is CCNC(=NCC(c1ccc(Cl)cc1)N1CCOCC1)N1CC[C@@H](O)C1.I. The normalized spacial score (nSPS) is 22.4. The molecule has 0 saturated carbocycles. The summed E-state index contributed by atoms with van der Waals surface area (Å²) in [5.74, 6) is 0.885. The molecule has 0 radical (unpaired) electrons. The molecule has 0 amide bonds. The van der Waals surface area contributed by atoms with Gasteiger partial charge in [0.25, 0.3) is 0 Å². The number of nitrogens with one attached hydrogen (secondary N) is 1. The summed E-state index contributed by atoms with van der Waals surface area (Å²) in [5.41, 5.74) is 1.22. The molecule has 2 N–H and O–H groups in total. The molecule has 1 aromatic carbocycles. The first-order valence-electron chi connectivity index (χ1n) is 9.46. The third-order valence-electron chi connectivity index (χ3n) is 4.95. The number of aliphatic hydroxyl groups is 1. The average Bonchev–Trinajstić information content (AvgIpc) is 3.09. The van der Waals surface area contributed by atoms with Crippen molar-refractivity contribution >= 4 is 41.5 Å². The van der Waals surface area contributed by atoms with E-state index in [1.54, 1.807) is 0 Å². The molecular weight excluding hydrogens is 479 g/mol. The topological polar surface area (TPSA) is 60.3 Å². The first-order chi connectivity index (χ1) is 12.7. The van der Waals surface area contributed by atoms with Gasteiger partial charge >= 0.3 is 0 Å². The van der Waals surface area contributed by atoms with Crippen LogP contribution in [0, 0.1) is 0 Å². The third-order valence-corrected chi connectivity index (χ3v) is 5.20. The van der Waals surface area contributed by atoms with Crippen LogP contribution in [0.2, 0.25) is 5.02 Å². The molecule has 2 aliphatic rings. The van der Waals surface area contributed by atoms with Gasteiger partial charge in [-0.1, -0.05) is 23.7 Å². The maximum absolute atomic E-state index is 9.84. The standard InChI is InChI=1S/C19H29ClN4O2.HI/c1-2-21-19(24-8-7-17(25)14-24)22-13-18(23-9-11-26-12-10-23)15-3-5-16(20)6-4-15;/h3-6,17-18,25H,2,7-14H2,1H3,(H,21,22);1H/t17-,18?;/m1./s1. The average molecular weight is 509 g/mol. The quantitative estimate of drug-likeness (QED) is 0.363. The summed E-state index contributed by atoms with van der Waals surface area (Å²) in [6.45, 7) is 8.36. The van der Waals surface area contributed by atoms with E-state index in [0.29, 0.717) is 13.1 Å². The highest BCUT2D eigenvalue weighted by atomic mass is 127. The van der Waals surface area contributed by atoms with Crippen molar-refractivity contribution in [3.63, 3.8) is 0 Å². The highest BCUT2D eigenvalue weighted by Gasteiger charge is 2.25. The molecule has 0 spiro atoms. The highest BCUT2D eigenvalue weighted by molar-refractivity contribution is 14.0. The number of hydrogen-bond acceptors (Lipinski definition) is 4. The van der Waals surface area contributed by atoms with Crippen LogP contribution in [0.1, 0.15) is 24.9 Å². The molecule has 152 valence electrons. The minimum Gasteiger partial charge on any atom is -0.391 e. The van der Waals surface area contributed by atoms with Crippen molar-refractivity contribution in [1.82, 2.24) is 15.1 Å². The Morgan fingerprint density at radius 2 is 2.00 bits per heavy atom. The molecule has 1 unspecified atom stereocenters. The Morgan fingerprint density at radius 1 is 1.30 bits per heavy atom. The summed E-state index contributed by atoms with van der Waals surface area (Å²) >= 11 is 6.07. The number of likely N-dealkylation sites (tertiary alicyclic amines) is 1. The van der Waals surface area contributed by atoms with Crippen molar-refractivity contribution in [1.29, 1.82) is 0 Å². The summed E-state index contributed by atoms with van der Waals surface area (Å²) in [7, 11) is 0. The monoisotopic (exact) mass is 508 g/mol. The largest absolute Gasteiger partial charge is 0.391 e. The van der Waals surface area contributed by atoms with Gasteiger partial charge in [0, 0.05) is 37.7 Å². The van der Waals surface area contributed by atoms with Gasteiger partial charge < -0.3 is 20.1 Å². The number of benzene rings is 1. The van der Waals surface area contributed by atoms with Gasteiger partial charge in [0.05, 0.1) is 31.9 Å². The molecule has 2 atom stereocenters. The van der Waals surface area contributed by atoms with Crippen LogP contribution in [-0.2, 0) is 4.74 Å². The number of hydrogen-bond donors (Lipinski definition) is 2. The lowest BCUT2D eigenvalue weighted by atomic mass is 10.0. The predicted octanol–water partition coefficient (Wildman–Crippen LogP) is 2.36. The molecule has 2 fully saturated rings. The number of morpholine rings is 1. The Balaban J connectivity index is 0.00000261. The number of ether oxygens (including phenoxy) is 1. The number of guanidine groups is 1. The number of aliphatic imine (C=N–C) groups is 1. The summed E-state index contributed by atoms with van der Waals surface area (Å²) in [6.07, 6.45) is 0.541. The Kier molecular flexibility index (Phi) is 9.58. The molecule has 6 nitrogen and oxygen atoms in total. The summed E-state index contributed by atoms with van der Waals surface area (Å²) < 4.78 is 5.52. The second kappa shape index (κ2) is 11.4. The van der Waals surface area contributed by atoms with E-state index in [9.17, 15) is 5.11 Å². The maximum atomic E-state index is 9.84. The number of rotatable bonds is 5. The van der Waals surface area contributed by atoms with Crippen LogP contribution < -0.4 is 5.32 Å². The van der Waals surface area contributed by atoms with Crippen LogP contribution in [0.4, 0.5) is 0 Å². The van der Waals surface area contributed by atoms with Gasteiger partial charge in [-0.25, -0.2) is 0 Å². The van der Waals surface area contributed by atoms with Crippen molar-refractivity contribution in [3.8, 4) is 0 Å². The van der Waals surface area contributed by atoms with Gasteiger partial charge in [0.15, 0.2) is 5.96 Å². The fourth-order valence-corrected chi connectivity index (χ4v) is 3.66. The van der Waals surface area contributed by atoms with Gasteiger partial charge in [-0.3, -0.25) is 9.89 Å². The Labute approximate surface area is 183 Å². The number of aliphatic hydroxyl groups excluding tert-OH is 1. The third kappa shape index (κ3) is 6.45. The van der Waals surface area contributed by atoms with E-state index in [-0.39, 0.29) is 36.1 Å². The van der Waals surface area contributed by atoms with Gasteiger partial charge in [0.1, 0.15) is 0 Å². The Bertz CT molecular complexity index is 596. The Hall–Kier alpha value is -0.610. The summed E-state index contributed by atoms with van der Waals surface area (Å²) in [6, 6.07) is 8.25. The second-order valence-electron chi connectivity index (χ2n) is 6.80. The predicted molar refractivity (Wildman–Crippen MR) is 120 cm³/mol. The van der Waals surface area contributed by atoms with Gasteiger partial charge in [-0.15, -0.1) is 24.0 Å². The van der Waals surface area contributed by atoms with Crippen molar-refractivity contribution in [2.45, 2.75) is 25.5 Å². The van der Waals surface area contributed by atoms with E-state index >= 15 is 0 Å². The molecule has 2 heterocycles. The first-order valence-corrected chi connectivity index (χ1v) is 9.83. The van der Waals surface area contributed by atoms with Gasteiger partial charge in [0.2, 0.25) is 0 Å². The molecule has 2 saturated heterocycles. The minimum atomic E-state index is -0.259. The summed E-state index contributed by atoms with van der Waals surface area (Å²) in [5, 5.41) is 14.0. The summed E-state index contributed by atoms with van der Waals surface area (Å²) in [4.78, 5) is 9.48. The Morgan fingerprint density at radius 3 is 2.59 bits per heavy atom. The smallest absolute Gasteiger partial charge is 0.194 e. The molecule has 2 aliphatic heterocycles. The van der Waals surface area contributed by atoms with E-state index in [1.165, 1.54) is 5.56 Å². The van der Waals surface area contributed by atoms with Crippen LogP contribution in [0.5, 0.6) is 0 Å². The lowest BCUT2D eigenvalue weighted by Crippen LogP contribution is -2.43. The molecule has 0 aromatic heterocycles. The fourth-order valence-electron chi connectivity index (χ4n) is 3.54. The fraction of sp³-hybridized carbons (Fsp3) is 0.632. The number of halogens is 2. The van der Waals surface area contributed by atoms with E-state index in [4.69, 9.17) is 21.3 Å². The van der Waals surface area contributed by atoms with Crippen molar-refractivity contribution in [2.75, 3.05) is 52.5 Å². The van der Waals surface area contributed by atoms with Gasteiger partial charge in [-0.05, 0) is 31.0 Å².